The Morgan fingerprint density at radius 2 is 1.81 bits per heavy atom. The minimum atomic E-state index is 0.698. The van der Waals surface area contributed by atoms with Crippen molar-refractivity contribution in [3.63, 3.8) is 0 Å². The lowest BCUT2D eigenvalue weighted by atomic mass is 9.93. The summed E-state index contributed by atoms with van der Waals surface area (Å²) in [6.45, 7) is 6.66. The van der Waals surface area contributed by atoms with E-state index < -0.39 is 0 Å². The van der Waals surface area contributed by atoms with Crippen LogP contribution in [0.15, 0.2) is 54.6 Å². The zero-order chi connectivity index (χ0) is 14.5. The Bertz CT molecular complexity index is 565. The van der Waals surface area contributed by atoms with Crippen molar-refractivity contribution in [3.05, 3.63) is 65.7 Å². The van der Waals surface area contributed by atoms with Gasteiger partial charge in [-0.05, 0) is 36.1 Å². The molecule has 0 bridgehead atoms. The van der Waals surface area contributed by atoms with Gasteiger partial charge in [-0.2, -0.15) is 0 Å². The molecule has 0 spiro atoms. The molecule has 0 fully saturated rings. The van der Waals surface area contributed by atoms with Gasteiger partial charge >= 0.3 is 0 Å². The molecule has 2 aromatic carbocycles. The normalized spacial score (nSPS) is 17.3. The van der Waals surface area contributed by atoms with E-state index in [1.54, 1.807) is 0 Å². The van der Waals surface area contributed by atoms with Gasteiger partial charge in [-0.3, -0.25) is 4.90 Å². The summed E-state index contributed by atoms with van der Waals surface area (Å²) in [5.41, 5.74) is 4.19. The maximum absolute atomic E-state index is 3.58. The van der Waals surface area contributed by atoms with Gasteiger partial charge in [0.2, 0.25) is 0 Å². The first-order valence-corrected chi connectivity index (χ1v) is 7.93. The standard InChI is InChI=1S/C19H24N2/c1-2-21(14-16-8-4-3-5-9-16)15-17-12-18-10-6-7-11-19(18)20-13-17/h3-11,17,20H,2,12-15H2,1H3. The Morgan fingerprint density at radius 1 is 1.05 bits per heavy atom. The molecule has 0 saturated heterocycles. The molecule has 1 atom stereocenters. The van der Waals surface area contributed by atoms with Crippen LogP contribution in [-0.2, 0) is 13.0 Å². The number of fused-ring (bicyclic) bond motifs is 1. The van der Waals surface area contributed by atoms with Crippen LogP contribution < -0.4 is 5.32 Å². The summed E-state index contributed by atoms with van der Waals surface area (Å²) in [7, 11) is 0. The molecule has 2 heteroatoms. The monoisotopic (exact) mass is 280 g/mol. The fourth-order valence-corrected chi connectivity index (χ4v) is 3.15. The van der Waals surface area contributed by atoms with Gasteiger partial charge in [0.05, 0.1) is 0 Å². The van der Waals surface area contributed by atoms with E-state index >= 15 is 0 Å². The molecule has 1 N–H and O–H groups in total. The third kappa shape index (κ3) is 3.64. The molecule has 2 aromatic rings. The van der Waals surface area contributed by atoms with Crippen LogP contribution in [0.5, 0.6) is 0 Å². The number of anilines is 1. The van der Waals surface area contributed by atoms with Crippen molar-refractivity contribution in [2.75, 3.05) is 25.0 Å². The zero-order valence-corrected chi connectivity index (χ0v) is 12.8. The predicted octanol–water partition coefficient (Wildman–Crippen LogP) is 3.79. The predicted molar refractivity (Wildman–Crippen MR) is 89.5 cm³/mol. The van der Waals surface area contributed by atoms with Crippen LogP contribution in [0.4, 0.5) is 5.69 Å². The SMILES string of the molecule is CCN(Cc1ccccc1)CC1CNc2ccccc2C1. The van der Waals surface area contributed by atoms with Gasteiger partial charge in [-0.15, -0.1) is 0 Å². The van der Waals surface area contributed by atoms with Gasteiger partial charge in [0.25, 0.3) is 0 Å². The maximum Gasteiger partial charge on any atom is 0.0372 e. The molecule has 0 amide bonds. The summed E-state index contributed by atoms with van der Waals surface area (Å²) in [5, 5.41) is 3.58. The second kappa shape index (κ2) is 6.77. The first kappa shape index (κ1) is 14.2. The van der Waals surface area contributed by atoms with E-state index in [4.69, 9.17) is 0 Å². The highest BCUT2D eigenvalue weighted by Crippen LogP contribution is 2.25. The Labute approximate surface area is 127 Å². The van der Waals surface area contributed by atoms with Gasteiger partial charge in [0.15, 0.2) is 0 Å². The lowest BCUT2D eigenvalue weighted by Gasteiger charge is -2.31. The third-order valence-electron chi connectivity index (χ3n) is 4.32. The topological polar surface area (TPSA) is 15.3 Å². The molecule has 1 aliphatic heterocycles. The zero-order valence-electron chi connectivity index (χ0n) is 12.8. The van der Waals surface area contributed by atoms with Crippen LogP contribution in [0.25, 0.3) is 0 Å². The van der Waals surface area contributed by atoms with Gasteiger partial charge in [0.1, 0.15) is 0 Å². The van der Waals surface area contributed by atoms with Crippen molar-refractivity contribution in [3.8, 4) is 0 Å². The van der Waals surface area contributed by atoms with E-state index in [-0.39, 0.29) is 0 Å². The summed E-state index contributed by atoms with van der Waals surface area (Å²) in [6, 6.07) is 19.5. The number of nitrogens with one attached hydrogen (secondary N) is 1. The van der Waals surface area contributed by atoms with Crippen molar-refractivity contribution < 1.29 is 0 Å². The Hall–Kier alpha value is -1.80. The first-order chi connectivity index (χ1) is 10.3. The molecule has 2 nitrogen and oxygen atoms in total. The molecule has 21 heavy (non-hydrogen) atoms. The van der Waals surface area contributed by atoms with Crippen molar-refractivity contribution in [2.45, 2.75) is 19.9 Å². The smallest absolute Gasteiger partial charge is 0.0372 e. The van der Waals surface area contributed by atoms with Crippen LogP contribution in [0.1, 0.15) is 18.1 Å². The van der Waals surface area contributed by atoms with Crippen molar-refractivity contribution >= 4 is 5.69 Å². The molecule has 3 rings (SSSR count). The second-order valence-electron chi connectivity index (χ2n) is 5.92. The maximum atomic E-state index is 3.58. The highest BCUT2D eigenvalue weighted by molar-refractivity contribution is 5.53. The van der Waals surface area contributed by atoms with Crippen LogP contribution in [0.3, 0.4) is 0 Å². The van der Waals surface area contributed by atoms with Crippen LogP contribution in [0, 0.1) is 5.92 Å². The van der Waals surface area contributed by atoms with Crippen molar-refractivity contribution in [1.29, 1.82) is 0 Å². The molecule has 0 aliphatic carbocycles. The van der Waals surface area contributed by atoms with Crippen LogP contribution in [0.2, 0.25) is 0 Å². The molecule has 1 unspecified atom stereocenters. The summed E-state index contributed by atoms with van der Waals surface area (Å²) in [4.78, 5) is 2.55. The number of benzene rings is 2. The molecule has 1 aliphatic rings. The van der Waals surface area contributed by atoms with E-state index in [9.17, 15) is 0 Å². The van der Waals surface area contributed by atoms with E-state index in [1.165, 1.54) is 23.2 Å². The van der Waals surface area contributed by atoms with E-state index in [0.29, 0.717) is 5.92 Å². The lowest BCUT2D eigenvalue weighted by Crippen LogP contribution is -2.35. The Kier molecular flexibility index (Phi) is 4.56. The average molecular weight is 280 g/mol. The third-order valence-corrected chi connectivity index (χ3v) is 4.32. The highest BCUT2D eigenvalue weighted by atomic mass is 15.1. The van der Waals surface area contributed by atoms with Crippen molar-refractivity contribution in [2.24, 2.45) is 5.92 Å². The summed E-state index contributed by atoms with van der Waals surface area (Å²) in [6.07, 6.45) is 1.19. The van der Waals surface area contributed by atoms with Gasteiger partial charge in [0, 0.05) is 25.3 Å². The molecule has 0 radical (unpaired) electrons. The fraction of sp³-hybridized carbons (Fsp3) is 0.368. The van der Waals surface area contributed by atoms with E-state index in [0.717, 1.165) is 26.2 Å². The number of hydrogen-bond acceptors (Lipinski definition) is 2. The van der Waals surface area contributed by atoms with Crippen LogP contribution >= 0.6 is 0 Å². The van der Waals surface area contributed by atoms with Crippen molar-refractivity contribution in [1.82, 2.24) is 4.90 Å². The summed E-state index contributed by atoms with van der Waals surface area (Å²) >= 11 is 0. The molecular weight excluding hydrogens is 256 g/mol. The quantitative estimate of drug-likeness (QED) is 0.896. The number of hydrogen-bond donors (Lipinski definition) is 1. The first-order valence-electron chi connectivity index (χ1n) is 7.93. The second-order valence-corrected chi connectivity index (χ2v) is 5.92. The molecule has 110 valence electrons. The fourth-order valence-electron chi connectivity index (χ4n) is 3.15. The van der Waals surface area contributed by atoms with Gasteiger partial charge < -0.3 is 5.32 Å². The Morgan fingerprint density at radius 3 is 2.62 bits per heavy atom. The van der Waals surface area contributed by atoms with Gasteiger partial charge in [-0.1, -0.05) is 55.5 Å². The number of nitrogens with zero attached hydrogens (tertiary/aromatic N) is 1. The largest absolute Gasteiger partial charge is 0.384 e. The molecule has 1 heterocycles. The lowest BCUT2D eigenvalue weighted by molar-refractivity contribution is 0.235. The van der Waals surface area contributed by atoms with E-state index in [1.807, 2.05) is 0 Å². The summed E-state index contributed by atoms with van der Waals surface area (Å²) < 4.78 is 0. The minimum Gasteiger partial charge on any atom is -0.384 e. The number of rotatable bonds is 5. The van der Waals surface area contributed by atoms with E-state index in [2.05, 4.69) is 71.7 Å². The minimum absolute atomic E-state index is 0.698. The average Bonchev–Trinajstić information content (AvgIpc) is 2.55. The van der Waals surface area contributed by atoms with Gasteiger partial charge in [-0.25, -0.2) is 0 Å². The van der Waals surface area contributed by atoms with Crippen LogP contribution in [-0.4, -0.2) is 24.5 Å². The Balaban J connectivity index is 1.60. The molecule has 0 saturated carbocycles. The number of para-hydroxylation sites is 1. The highest BCUT2D eigenvalue weighted by Gasteiger charge is 2.19. The molecular formula is C19H24N2. The molecule has 0 aromatic heterocycles. The summed E-state index contributed by atoms with van der Waals surface area (Å²) in [5.74, 6) is 0.698.